The van der Waals surface area contributed by atoms with E-state index in [1.807, 2.05) is 0 Å². The molecule has 13 heavy (non-hydrogen) atoms. The molecule has 6 nitrogen and oxygen atoms in total. The first-order valence-electron chi connectivity index (χ1n) is 3.68. The lowest BCUT2D eigenvalue weighted by Crippen LogP contribution is -2.42. The van der Waals surface area contributed by atoms with E-state index < -0.39 is 21.7 Å². The van der Waals surface area contributed by atoms with E-state index in [4.69, 9.17) is 0 Å². The summed E-state index contributed by atoms with van der Waals surface area (Å²) in [4.78, 5) is 10.5. The highest BCUT2D eigenvalue weighted by Gasteiger charge is 2.48. The van der Waals surface area contributed by atoms with Crippen molar-refractivity contribution in [2.75, 3.05) is 25.6 Å². The second kappa shape index (κ2) is 2.58. The summed E-state index contributed by atoms with van der Waals surface area (Å²) in [7, 11) is -3.44. The zero-order valence-electron chi connectivity index (χ0n) is 6.69. The van der Waals surface area contributed by atoms with E-state index >= 15 is 0 Å². The SMILES string of the molecule is O=C1OCC2(CO1)COS(=O)(=O)C2. The Balaban J connectivity index is 2.12. The van der Waals surface area contributed by atoms with Gasteiger partial charge in [0.05, 0.1) is 17.8 Å². The molecule has 0 bridgehead atoms. The van der Waals surface area contributed by atoms with Crippen LogP contribution in [0.15, 0.2) is 0 Å². The fourth-order valence-electron chi connectivity index (χ4n) is 1.35. The summed E-state index contributed by atoms with van der Waals surface area (Å²) in [5.41, 5.74) is -0.688. The van der Waals surface area contributed by atoms with E-state index in [9.17, 15) is 13.2 Å². The van der Waals surface area contributed by atoms with Crippen molar-refractivity contribution < 1.29 is 26.9 Å². The van der Waals surface area contributed by atoms with Gasteiger partial charge < -0.3 is 9.47 Å². The van der Waals surface area contributed by atoms with Crippen LogP contribution in [-0.2, 0) is 23.8 Å². The van der Waals surface area contributed by atoms with Crippen molar-refractivity contribution >= 4 is 16.3 Å². The predicted octanol–water partition coefficient (Wildman–Crippen LogP) is -0.500. The number of carbonyl (C=O) groups is 1. The van der Waals surface area contributed by atoms with Gasteiger partial charge in [-0.2, -0.15) is 8.42 Å². The van der Waals surface area contributed by atoms with Crippen LogP contribution >= 0.6 is 0 Å². The average Bonchev–Trinajstić information content (AvgIpc) is 2.35. The Hall–Kier alpha value is -0.820. The number of ether oxygens (including phenoxy) is 2. The average molecular weight is 208 g/mol. The van der Waals surface area contributed by atoms with Gasteiger partial charge in [-0.1, -0.05) is 0 Å². The first-order chi connectivity index (χ1) is 6.02. The summed E-state index contributed by atoms with van der Waals surface area (Å²) >= 11 is 0. The monoisotopic (exact) mass is 208 g/mol. The summed E-state index contributed by atoms with van der Waals surface area (Å²) in [6.07, 6.45) is -0.755. The minimum atomic E-state index is -3.44. The molecule has 0 unspecified atom stereocenters. The first kappa shape index (κ1) is 8.76. The lowest BCUT2D eigenvalue weighted by molar-refractivity contribution is -0.0563. The summed E-state index contributed by atoms with van der Waals surface area (Å²) in [5.74, 6) is -0.146. The van der Waals surface area contributed by atoms with Crippen molar-refractivity contribution in [1.29, 1.82) is 0 Å². The van der Waals surface area contributed by atoms with Crippen LogP contribution in [0.3, 0.4) is 0 Å². The van der Waals surface area contributed by atoms with Gasteiger partial charge in [-0.15, -0.1) is 0 Å². The Kier molecular flexibility index (Phi) is 1.74. The van der Waals surface area contributed by atoms with Crippen LogP contribution in [0.2, 0.25) is 0 Å². The molecule has 0 amide bonds. The molecule has 7 heteroatoms. The molecule has 0 atom stereocenters. The van der Waals surface area contributed by atoms with Gasteiger partial charge in [0.1, 0.15) is 13.2 Å². The number of rotatable bonds is 0. The van der Waals surface area contributed by atoms with Gasteiger partial charge in [-0.25, -0.2) is 4.79 Å². The first-order valence-corrected chi connectivity index (χ1v) is 5.26. The lowest BCUT2D eigenvalue weighted by Gasteiger charge is -2.28. The van der Waals surface area contributed by atoms with Gasteiger partial charge in [-0.05, 0) is 0 Å². The Morgan fingerprint density at radius 1 is 1.15 bits per heavy atom. The molecule has 0 N–H and O–H groups in total. The maximum absolute atomic E-state index is 11.0. The lowest BCUT2D eigenvalue weighted by atomic mass is 9.94. The molecule has 0 aromatic heterocycles. The molecule has 0 saturated carbocycles. The normalized spacial score (nSPS) is 29.7. The molecule has 74 valence electrons. The van der Waals surface area contributed by atoms with Gasteiger partial charge in [0, 0.05) is 0 Å². The van der Waals surface area contributed by atoms with Crippen molar-refractivity contribution in [3.8, 4) is 0 Å². The molecule has 2 rings (SSSR count). The minimum absolute atomic E-state index is 0.0304. The molecule has 2 fully saturated rings. The molecule has 2 aliphatic rings. The van der Waals surface area contributed by atoms with E-state index in [2.05, 4.69) is 13.7 Å². The second-order valence-corrected chi connectivity index (χ2v) is 4.93. The Morgan fingerprint density at radius 3 is 2.23 bits per heavy atom. The number of hydrogen-bond donors (Lipinski definition) is 0. The van der Waals surface area contributed by atoms with Gasteiger partial charge in [0.15, 0.2) is 0 Å². The Labute approximate surface area is 74.9 Å². The summed E-state index contributed by atoms with van der Waals surface area (Å²) in [6, 6.07) is 0. The molecule has 2 saturated heterocycles. The second-order valence-electron chi connectivity index (χ2n) is 3.29. The fourth-order valence-corrected chi connectivity index (χ4v) is 2.86. The maximum atomic E-state index is 11.0. The standard InChI is InChI=1S/C6H8O6S/c7-5-10-1-6(2-11-5)3-12-13(8,9)4-6/h1-4H2. The van der Waals surface area contributed by atoms with E-state index in [-0.39, 0.29) is 25.6 Å². The van der Waals surface area contributed by atoms with Crippen molar-refractivity contribution in [2.45, 2.75) is 0 Å². The van der Waals surface area contributed by atoms with Crippen LogP contribution in [-0.4, -0.2) is 40.1 Å². The highest BCUT2D eigenvalue weighted by Crippen LogP contribution is 2.31. The molecule has 0 aliphatic carbocycles. The summed E-state index contributed by atoms with van der Waals surface area (Å²) < 4.78 is 35.7. The third-order valence-corrected chi connectivity index (χ3v) is 3.46. The largest absolute Gasteiger partial charge is 0.508 e. The summed E-state index contributed by atoms with van der Waals surface area (Å²) in [5, 5.41) is 0. The van der Waals surface area contributed by atoms with E-state index in [0.29, 0.717) is 0 Å². The third-order valence-electron chi connectivity index (χ3n) is 2.02. The van der Waals surface area contributed by atoms with Gasteiger partial charge >= 0.3 is 6.16 Å². The van der Waals surface area contributed by atoms with E-state index in [1.54, 1.807) is 0 Å². The molecule has 2 heterocycles. The highest BCUT2D eigenvalue weighted by molar-refractivity contribution is 7.87. The molecule has 2 aliphatic heterocycles. The molecular formula is C6H8O6S. The van der Waals surface area contributed by atoms with Crippen molar-refractivity contribution in [3.63, 3.8) is 0 Å². The van der Waals surface area contributed by atoms with Crippen molar-refractivity contribution in [2.24, 2.45) is 5.41 Å². The van der Waals surface area contributed by atoms with Crippen LogP contribution in [0.5, 0.6) is 0 Å². The quantitative estimate of drug-likeness (QED) is 0.394. The van der Waals surface area contributed by atoms with E-state index in [0.717, 1.165) is 0 Å². The summed E-state index contributed by atoms with van der Waals surface area (Å²) in [6.45, 7) is 0.124. The van der Waals surface area contributed by atoms with Gasteiger partial charge in [0.2, 0.25) is 0 Å². The fraction of sp³-hybridized carbons (Fsp3) is 0.833. The number of carbonyl (C=O) groups excluding carboxylic acids is 1. The minimum Gasteiger partial charge on any atom is -0.433 e. The van der Waals surface area contributed by atoms with Crippen molar-refractivity contribution in [1.82, 2.24) is 0 Å². The van der Waals surface area contributed by atoms with Crippen LogP contribution in [0.4, 0.5) is 4.79 Å². The van der Waals surface area contributed by atoms with Gasteiger partial charge in [0.25, 0.3) is 10.1 Å². The Bertz CT molecular complexity index is 321. The Morgan fingerprint density at radius 2 is 1.77 bits per heavy atom. The number of hydrogen-bond acceptors (Lipinski definition) is 6. The maximum Gasteiger partial charge on any atom is 0.508 e. The number of cyclic esters (lactones) is 2. The van der Waals surface area contributed by atoms with Crippen molar-refractivity contribution in [3.05, 3.63) is 0 Å². The molecule has 1 spiro atoms. The van der Waals surface area contributed by atoms with Crippen LogP contribution in [0.25, 0.3) is 0 Å². The molecule has 0 aromatic carbocycles. The topological polar surface area (TPSA) is 78.9 Å². The van der Waals surface area contributed by atoms with E-state index in [1.165, 1.54) is 0 Å². The van der Waals surface area contributed by atoms with Gasteiger partial charge in [-0.3, -0.25) is 4.18 Å². The highest BCUT2D eigenvalue weighted by atomic mass is 32.2. The zero-order valence-corrected chi connectivity index (χ0v) is 7.50. The van der Waals surface area contributed by atoms with Crippen LogP contribution in [0, 0.1) is 5.41 Å². The molecular weight excluding hydrogens is 200 g/mol. The third kappa shape index (κ3) is 1.61. The van der Waals surface area contributed by atoms with Crippen LogP contribution < -0.4 is 0 Å². The smallest absolute Gasteiger partial charge is 0.433 e. The zero-order chi connectivity index (χ0) is 9.53. The predicted molar refractivity (Wildman–Crippen MR) is 39.5 cm³/mol. The van der Waals surface area contributed by atoms with Crippen LogP contribution in [0.1, 0.15) is 0 Å². The molecule has 0 radical (unpaired) electrons. The molecule has 0 aromatic rings.